The van der Waals surface area contributed by atoms with Crippen molar-refractivity contribution in [1.29, 1.82) is 0 Å². The van der Waals surface area contributed by atoms with Gasteiger partial charge in [0.25, 0.3) is 0 Å². The third-order valence-corrected chi connectivity index (χ3v) is 6.31. The van der Waals surface area contributed by atoms with Gasteiger partial charge < -0.3 is 0 Å². The van der Waals surface area contributed by atoms with Gasteiger partial charge in [0.05, 0.1) is 0 Å². The molecule has 2 atom stereocenters. The first kappa shape index (κ1) is 17.0. The van der Waals surface area contributed by atoms with Crippen LogP contribution in [0.3, 0.4) is 0 Å². The number of rotatable bonds is 0. The third-order valence-electron chi connectivity index (χ3n) is 6.31. The summed E-state index contributed by atoms with van der Waals surface area (Å²) in [5, 5.41) is 0. The molecule has 0 heterocycles. The Morgan fingerprint density at radius 2 is 1.24 bits per heavy atom. The quantitative estimate of drug-likeness (QED) is 0.476. The van der Waals surface area contributed by atoms with Crippen LogP contribution in [-0.2, 0) is 0 Å². The van der Waals surface area contributed by atoms with Crippen molar-refractivity contribution in [3.63, 3.8) is 0 Å². The van der Waals surface area contributed by atoms with Crippen LogP contribution in [0.2, 0.25) is 0 Å². The fourth-order valence-corrected chi connectivity index (χ4v) is 3.60. The topological polar surface area (TPSA) is 0 Å². The molecule has 1 saturated carbocycles. The van der Waals surface area contributed by atoms with Crippen molar-refractivity contribution >= 4 is 0 Å². The van der Waals surface area contributed by atoms with E-state index in [1.807, 2.05) is 13.8 Å². The Morgan fingerprint density at radius 1 is 0.882 bits per heavy atom. The molecular weight excluding hydrogens is 204 g/mol. The lowest BCUT2D eigenvalue weighted by atomic mass is 9.60. The Labute approximate surface area is 111 Å². The van der Waals surface area contributed by atoms with Gasteiger partial charge in [-0.05, 0) is 34.0 Å². The summed E-state index contributed by atoms with van der Waals surface area (Å²) in [6.07, 6.45) is 1.34. The monoisotopic (exact) mass is 240 g/mol. The normalized spacial score (nSPS) is 35.1. The van der Waals surface area contributed by atoms with E-state index in [1.165, 1.54) is 6.42 Å². The van der Waals surface area contributed by atoms with Gasteiger partial charge in [-0.25, -0.2) is 0 Å². The highest BCUT2D eigenvalue weighted by Crippen LogP contribution is 2.68. The van der Waals surface area contributed by atoms with Crippen LogP contribution < -0.4 is 0 Å². The second-order valence-corrected chi connectivity index (χ2v) is 8.17. The van der Waals surface area contributed by atoms with Gasteiger partial charge in [0, 0.05) is 0 Å². The van der Waals surface area contributed by atoms with E-state index in [1.54, 1.807) is 0 Å². The molecule has 0 aromatic rings. The molecular formula is C17H36. The summed E-state index contributed by atoms with van der Waals surface area (Å²) in [7, 11) is 0. The smallest absolute Gasteiger partial charge is 0.0241 e. The standard InChI is InChI=1S/C15H30.C2H6/c1-11-14(7,8)13(5,6)10-15(11,9)12(2,3)4;1-2/h11H,10H2,1-9H3;1-2H3/t11?,15-;/m0./s1. The van der Waals surface area contributed by atoms with Gasteiger partial charge in [-0.2, -0.15) is 0 Å². The molecule has 0 aromatic carbocycles. The highest BCUT2D eigenvalue weighted by atomic mass is 14.6. The molecule has 0 saturated heterocycles. The van der Waals surface area contributed by atoms with E-state index in [9.17, 15) is 0 Å². The Kier molecular flexibility index (Phi) is 4.59. The maximum absolute atomic E-state index is 2.49. The van der Waals surface area contributed by atoms with Gasteiger partial charge in [-0.3, -0.25) is 0 Å². The van der Waals surface area contributed by atoms with Crippen molar-refractivity contribution in [2.24, 2.45) is 27.6 Å². The van der Waals surface area contributed by atoms with Gasteiger partial charge in [-0.1, -0.05) is 76.2 Å². The Bertz CT molecular complexity index is 252. The fraction of sp³-hybridized carbons (Fsp3) is 1.00. The van der Waals surface area contributed by atoms with Crippen molar-refractivity contribution in [2.45, 2.75) is 82.6 Å². The Balaban J connectivity index is 0.00000121. The van der Waals surface area contributed by atoms with E-state index < -0.39 is 0 Å². The molecule has 1 fully saturated rings. The minimum absolute atomic E-state index is 0.400. The molecule has 1 unspecified atom stereocenters. The highest BCUT2D eigenvalue weighted by Gasteiger charge is 2.60. The maximum Gasteiger partial charge on any atom is -0.0241 e. The molecule has 0 N–H and O–H groups in total. The Morgan fingerprint density at radius 3 is 1.35 bits per heavy atom. The van der Waals surface area contributed by atoms with E-state index in [2.05, 4.69) is 62.3 Å². The van der Waals surface area contributed by atoms with Crippen molar-refractivity contribution in [3.05, 3.63) is 0 Å². The van der Waals surface area contributed by atoms with E-state index in [-0.39, 0.29) is 0 Å². The summed E-state index contributed by atoms with van der Waals surface area (Å²) < 4.78 is 0. The maximum atomic E-state index is 2.49. The molecule has 0 bridgehead atoms. The number of hydrogen-bond acceptors (Lipinski definition) is 0. The lowest BCUT2D eigenvalue weighted by Crippen LogP contribution is -2.38. The molecule has 0 spiro atoms. The Hall–Kier alpha value is 0. The zero-order valence-electron chi connectivity index (χ0n) is 14.3. The van der Waals surface area contributed by atoms with Crippen LogP contribution in [-0.4, -0.2) is 0 Å². The van der Waals surface area contributed by atoms with E-state index in [4.69, 9.17) is 0 Å². The molecule has 0 nitrogen and oxygen atoms in total. The summed E-state index contributed by atoms with van der Waals surface area (Å²) in [5.41, 5.74) is 1.75. The minimum Gasteiger partial charge on any atom is -0.0683 e. The molecule has 0 amide bonds. The van der Waals surface area contributed by atoms with Gasteiger partial charge in [0.2, 0.25) is 0 Å². The molecule has 1 aliphatic rings. The van der Waals surface area contributed by atoms with Crippen molar-refractivity contribution in [3.8, 4) is 0 Å². The molecule has 0 aliphatic heterocycles. The van der Waals surface area contributed by atoms with Crippen LogP contribution in [0.25, 0.3) is 0 Å². The SMILES string of the molecule is CC.CC1C(C)(C)C(C)(C)C[C@]1(C)C(C)(C)C. The van der Waals surface area contributed by atoms with Crippen LogP contribution >= 0.6 is 0 Å². The zero-order valence-corrected chi connectivity index (χ0v) is 14.3. The largest absolute Gasteiger partial charge is 0.0683 e. The minimum atomic E-state index is 0.400. The van der Waals surface area contributed by atoms with Crippen LogP contribution in [0, 0.1) is 27.6 Å². The van der Waals surface area contributed by atoms with Gasteiger partial charge >= 0.3 is 0 Å². The summed E-state index contributed by atoms with van der Waals surface area (Å²) in [6, 6.07) is 0. The predicted octanol–water partition coefficient (Wildman–Crippen LogP) is 6.16. The lowest BCUT2D eigenvalue weighted by molar-refractivity contribution is 0.0353. The first-order valence-electron chi connectivity index (χ1n) is 7.36. The molecule has 1 rings (SSSR count). The fourth-order valence-electron chi connectivity index (χ4n) is 3.60. The van der Waals surface area contributed by atoms with Gasteiger partial charge in [0.1, 0.15) is 0 Å². The number of hydrogen-bond donors (Lipinski definition) is 0. The summed E-state index contributed by atoms with van der Waals surface area (Å²) in [4.78, 5) is 0. The van der Waals surface area contributed by atoms with Crippen LogP contribution in [0.15, 0.2) is 0 Å². The first-order chi connectivity index (χ1) is 7.36. The van der Waals surface area contributed by atoms with Gasteiger partial charge in [0.15, 0.2) is 0 Å². The van der Waals surface area contributed by atoms with Crippen LogP contribution in [0.1, 0.15) is 82.6 Å². The molecule has 0 aromatic heterocycles. The second-order valence-electron chi connectivity index (χ2n) is 8.17. The van der Waals surface area contributed by atoms with E-state index in [0.29, 0.717) is 21.7 Å². The average molecular weight is 240 g/mol. The molecule has 0 heteroatoms. The van der Waals surface area contributed by atoms with E-state index in [0.717, 1.165) is 5.92 Å². The summed E-state index contributed by atoms with van der Waals surface area (Å²) in [5.74, 6) is 0.778. The van der Waals surface area contributed by atoms with Gasteiger partial charge in [-0.15, -0.1) is 0 Å². The van der Waals surface area contributed by atoms with Crippen molar-refractivity contribution in [2.75, 3.05) is 0 Å². The average Bonchev–Trinajstić information content (AvgIpc) is 2.27. The predicted molar refractivity (Wildman–Crippen MR) is 80.3 cm³/mol. The van der Waals surface area contributed by atoms with Crippen LogP contribution in [0.4, 0.5) is 0 Å². The second kappa shape index (κ2) is 4.59. The first-order valence-corrected chi connectivity index (χ1v) is 7.36. The van der Waals surface area contributed by atoms with Crippen molar-refractivity contribution < 1.29 is 0 Å². The molecule has 104 valence electrons. The van der Waals surface area contributed by atoms with Crippen molar-refractivity contribution in [1.82, 2.24) is 0 Å². The van der Waals surface area contributed by atoms with Crippen LogP contribution in [0.5, 0.6) is 0 Å². The van der Waals surface area contributed by atoms with E-state index >= 15 is 0 Å². The zero-order chi connectivity index (χ0) is 14.3. The lowest BCUT2D eigenvalue weighted by Gasteiger charge is -2.45. The molecule has 1 aliphatic carbocycles. The molecule has 17 heavy (non-hydrogen) atoms. The highest BCUT2D eigenvalue weighted by molar-refractivity contribution is 5.09. The summed E-state index contributed by atoms with van der Waals surface area (Å²) >= 11 is 0. The third kappa shape index (κ3) is 2.42. The molecule has 0 radical (unpaired) electrons. The summed E-state index contributed by atoms with van der Waals surface area (Å²) in [6.45, 7) is 26.0.